The number of carbonyl (C=O) groups excluding carboxylic acids is 1. The van der Waals surface area contributed by atoms with E-state index in [2.05, 4.69) is 0 Å². The van der Waals surface area contributed by atoms with E-state index in [1.54, 1.807) is 27.2 Å². The SMILES string of the molecule is CCOC(=O)CCC(Cl)c1ccc(OC)c(OC)c1. The number of hydrogen-bond acceptors (Lipinski definition) is 4. The van der Waals surface area contributed by atoms with Crippen LogP contribution in [0.2, 0.25) is 0 Å². The maximum atomic E-state index is 11.3. The van der Waals surface area contributed by atoms with Crippen LogP contribution in [0.15, 0.2) is 18.2 Å². The summed E-state index contributed by atoms with van der Waals surface area (Å²) in [6.07, 6.45) is 0.826. The lowest BCUT2D eigenvalue weighted by Crippen LogP contribution is -2.05. The van der Waals surface area contributed by atoms with Crippen LogP contribution in [-0.2, 0) is 9.53 Å². The van der Waals surface area contributed by atoms with Gasteiger partial charge in [0.25, 0.3) is 0 Å². The van der Waals surface area contributed by atoms with Gasteiger partial charge in [-0.25, -0.2) is 0 Å². The second kappa shape index (κ2) is 7.89. The molecule has 0 spiro atoms. The number of carbonyl (C=O) groups is 1. The largest absolute Gasteiger partial charge is 0.493 e. The van der Waals surface area contributed by atoms with Crippen LogP contribution in [0.3, 0.4) is 0 Å². The molecule has 4 nitrogen and oxygen atoms in total. The molecular formula is C14H19ClO4. The summed E-state index contributed by atoms with van der Waals surface area (Å²) in [6, 6.07) is 5.49. The number of rotatable bonds is 7. The number of alkyl halides is 1. The molecule has 1 aromatic rings. The molecule has 1 unspecified atom stereocenters. The lowest BCUT2D eigenvalue weighted by Gasteiger charge is -2.13. The molecule has 0 aliphatic heterocycles. The zero-order chi connectivity index (χ0) is 14.3. The van der Waals surface area contributed by atoms with Gasteiger partial charge in [-0.3, -0.25) is 4.79 Å². The van der Waals surface area contributed by atoms with Gasteiger partial charge in [-0.05, 0) is 31.0 Å². The Kier molecular flexibility index (Phi) is 6.50. The summed E-state index contributed by atoms with van der Waals surface area (Å²) in [4.78, 5) is 11.3. The van der Waals surface area contributed by atoms with E-state index in [4.69, 9.17) is 25.8 Å². The molecule has 106 valence electrons. The van der Waals surface area contributed by atoms with Gasteiger partial charge in [0.2, 0.25) is 0 Å². The quantitative estimate of drug-likeness (QED) is 0.570. The van der Waals surface area contributed by atoms with Crippen molar-refractivity contribution in [3.63, 3.8) is 0 Å². The molecule has 0 N–H and O–H groups in total. The highest BCUT2D eigenvalue weighted by Gasteiger charge is 2.14. The van der Waals surface area contributed by atoms with Crippen molar-refractivity contribution in [1.82, 2.24) is 0 Å². The van der Waals surface area contributed by atoms with Gasteiger partial charge in [-0.15, -0.1) is 11.6 Å². The molecule has 0 heterocycles. The average Bonchev–Trinajstić information content (AvgIpc) is 2.44. The number of halogens is 1. The third-order valence-electron chi connectivity index (χ3n) is 2.68. The van der Waals surface area contributed by atoms with Crippen molar-refractivity contribution in [2.24, 2.45) is 0 Å². The van der Waals surface area contributed by atoms with E-state index in [1.807, 2.05) is 12.1 Å². The van der Waals surface area contributed by atoms with Gasteiger partial charge >= 0.3 is 5.97 Å². The van der Waals surface area contributed by atoms with Crippen molar-refractivity contribution < 1.29 is 19.0 Å². The number of esters is 1. The molecule has 0 fully saturated rings. The highest BCUT2D eigenvalue weighted by Crippen LogP contribution is 2.33. The maximum Gasteiger partial charge on any atom is 0.305 e. The number of ether oxygens (including phenoxy) is 3. The van der Waals surface area contributed by atoms with Gasteiger partial charge in [0.05, 0.1) is 26.2 Å². The first kappa shape index (κ1) is 15.6. The van der Waals surface area contributed by atoms with Gasteiger partial charge in [0.15, 0.2) is 11.5 Å². The Morgan fingerprint density at radius 3 is 2.53 bits per heavy atom. The summed E-state index contributed by atoms with van der Waals surface area (Å²) < 4.78 is 15.2. The van der Waals surface area contributed by atoms with Crippen LogP contribution >= 0.6 is 11.6 Å². The first-order valence-electron chi connectivity index (χ1n) is 6.14. The van der Waals surface area contributed by atoms with Gasteiger partial charge in [-0.1, -0.05) is 6.07 Å². The van der Waals surface area contributed by atoms with Crippen LogP contribution in [0.5, 0.6) is 11.5 Å². The van der Waals surface area contributed by atoms with Crippen LogP contribution in [0.4, 0.5) is 0 Å². The molecule has 0 aliphatic carbocycles. The monoisotopic (exact) mass is 286 g/mol. The van der Waals surface area contributed by atoms with Gasteiger partial charge in [-0.2, -0.15) is 0 Å². The number of hydrogen-bond donors (Lipinski definition) is 0. The van der Waals surface area contributed by atoms with E-state index in [0.717, 1.165) is 5.56 Å². The molecule has 0 bridgehead atoms. The Morgan fingerprint density at radius 1 is 1.26 bits per heavy atom. The normalized spacial score (nSPS) is 11.8. The summed E-state index contributed by atoms with van der Waals surface area (Å²) in [5.41, 5.74) is 0.892. The van der Waals surface area contributed by atoms with Crippen LogP contribution in [0, 0.1) is 0 Å². The standard InChI is InChI=1S/C14H19ClO4/c1-4-19-14(16)8-6-11(15)10-5-7-12(17-2)13(9-10)18-3/h5,7,9,11H,4,6,8H2,1-3H3. The van der Waals surface area contributed by atoms with Crippen LogP contribution in [-0.4, -0.2) is 26.8 Å². The number of benzene rings is 1. The van der Waals surface area contributed by atoms with Gasteiger partial charge in [0, 0.05) is 6.42 Å². The Morgan fingerprint density at radius 2 is 1.95 bits per heavy atom. The summed E-state index contributed by atoms with van der Waals surface area (Å²) in [5, 5.41) is -0.260. The molecule has 1 atom stereocenters. The van der Waals surface area contributed by atoms with Crippen LogP contribution in [0.1, 0.15) is 30.7 Å². The third-order valence-corrected chi connectivity index (χ3v) is 3.15. The topological polar surface area (TPSA) is 44.8 Å². The van der Waals surface area contributed by atoms with Crippen molar-refractivity contribution in [1.29, 1.82) is 0 Å². The molecular weight excluding hydrogens is 268 g/mol. The molecule has 0 saturated carbocycles. The Labute approximate surface area is 118 Å². The predicted octanol–water partition coefficient (Wildman–Crippen LogP) is 3.33. The minimum atomic E-state index is -0.260. The van der Waals surface area contributed by atoms with Crippen molar-refractivity contribution in [3.8, 4) is 11.5 Å². The molecule has 0 aromatic heterocycles. The highest BCUT2D eigenvalue weighted by molar-refractivity contribution is 6.20. The Balaban J connectivity index is 2.66. The fourth-order valence-electron chi connectivity index (χ4n) is 1.69. The lowest BCUT2D eigenvalue weighted by molar-refractivity contribution is -0.143. The predicted molar refractivity (Wildman–Crippen MR) is 74.0 cm³/mol. The molecule has 0 amide bonds. The van der Waals surface area contributed by atoms with Crippen LogP contribution < -0.4 is 9.47 Å². The van der Waals surface area contributed by atoms with Crippen molar-refractivity contribution in [2.45, 2.75) is 25.1 Å². The summed E-state index contributed by atoms with van der Waals surface area (Å²) in [6.45, 7) is 2.17. The van der Waals surface area contributed by atoms with Gasteiger partial charge in [0.1, 0.15) is 0 Å². The van der Waals surface area contributed by atoms with E-state index in [1.165, 1.54) is 0 Å². The molecule has 0 radical (unpaired) electrons. The third kappa shape index (κ3) is 4.63. The van der Waals surface area contributed by atoms with E-state index in [0.29, 0.717) is 30.9 Å². The smallest absolute Gasteiger partial charge is 0.305 e. The number of methoxy groups -OCH3 is 2. The maximum absolute atomic E-state index is 11.3. The average molecular weight is 287 g/mol. The van der Waals surface area contributed by atoms with Crippen molar-refractivity contribution in [3.05, 3.63) is 23.8 Å². The highest BCUT2D eigenvalue weighted by atomic mass is 35.5. The summed E-state index contributed by atoms with van der Waals surface area (Å²) >= 11 is 6.27. The lowest BCUT2D eigenvalue weighted by atomic mass is 10.1. The first-order chi connectivity index (χ1) is 9.12. The summed E-state index contributed by atoms with van der Waals surface area (Å²) in [7, 11) is 3.15. The first-order valence-corrected chi connectivity index (χ1v) is 6.57. The van der Waals surface area contributed by atoms with Crippen LogP contribution in [0.25, 0.3) is 0 Å². The van der Waals surface area contributed by atoms with E-state index in [9.17, 15) is 4.79 Å². The summed E-state index contributed by atoms with van der Waals surface area (Å²) in [5.74, 6) is 1.05. The second-order valence-electron chi connectivity index (χ2n) is 3.93. The zero-order valence-electron chi connectivity index (χ0n) is 11.4. The Hall–Kier alpha value is -1.42. The molecule has 19 heavy (non-hydrogen) atoms. The zero-order valence-corrected chi connectivity index (χ0v) is 12.2. The molecule has 0 aliphatic rings. The second-order valence-corrected chi connectivity index (χ2v) is 4.45. The van der Waals surface area contributed by atoms with E-state index < -0.39 is 0 Å². The molecule has 5 heteroatoms. The molecule has 1 rings (SSSR count). The van der Waals surface area contributed by atoms with Crippen molar-refractivity contribution >= 4 is 17.6 Å². The minimum Gasteiger partial charge on any atom is -0.493 e. The van der Waals surface area contributed by atoms with E-state index in [-0.39, 0.29) is 11.3 Å². The fraction of sp³-hybridized carbons (Fsp3) is 0.500. The molecule has 0 saturated heterocycles. The Bertz CT molecular complexity index is 420. The fourth-order valence-corrected chi connectivity index (χ4v) is 1.94. The van der Waals surface area contributed by atoms with Crippen molar-refractivity contribution in [2.75, 3.05) is 20.8 Å². The van der Waals surface area contributed by atoms with E-state index >= 15 is 0 Å². The van der Waals surface area contributed by atoms with Gasteiger partial charge < -0.3 is 14.2 Å². The molecule has 1 aromatic carbocycles. The minimum absolute atomic E-state index is 0.228.